The van der Waals surface area contributed by atoms with Gasteiger partial charge in [0.15, 0.2) is 5.12 Å². The first-order chi connectivity index (χ1) is 24.6. The summed E-state index contributed by atoms with van der Waals surface area (Å²) in [6, 6.07) is 20.8. The summed E-state index contributed by atoms with van der Waals surface area (Å²) in [6.07, 6.45) is 0.729. The Bertz CT molecular complexity index is 1630. The molecule has 0 aliphatic carbocycles. The Kier molecular flexibility index (Phi) is 16.4. The number of rotatable bonds is 18. The van der Waals surface area contributed by atoms with Crippen LogP contribution in [0.2, 0.25) is 0 Å². The van der Waals surface area contributed by atoms with Crippen molar-refractivity contribution in [3.05, 3.63) is 101 Å². The van der Waals surface area contributed by atoms with E-state index in [1.165, 1.54) is 12.1 Å². The van der Waals surface area contributed by atoms with Crippen LogP contribution in [0.4, 0.5) is 0 Å². The van der Waals surface area contributed by atoms with E-state index in [1.54, 1.807) is 45.0 Å². The van der Waals surface area contributed by atoms with Gasteiger partial charge in [-0.1, -0.05) is 91.8 Å². The van der Waals surface area contributed by atoms with Crippen molar-refractivity contribution in [2.24, 2.45) is 11.8 Å². The summed E-state index contributed by atoms with van der Waals surface area (Å²) < 4.78 is 11.0. The highest BCUT2D eigenvalue weighted by Crippen LogP contribution is 2.24. The standard InChI is InChI=1S/C41H52N2O8S/c1-27(2)21-35(39(48)50-26-32-13-11-30(12-14-32)23-37(46)42-25-31-9-7-28(3)8-10-31)43-36(45)19-20-52-40(49)33(24-38(47)51-41(4,5)6)22-29-15-17-34(44)18-16-29/h7-18,27,33,35,44H,19-26H2,1-6H3,(H,42,46)(H,43,45). The van der Waals surface area contributed by atoms with Crippen LogP contribution in [0.25, 0.3) is 0 Å². The molecule has 11 heteroatoms. The SMILES string of the molecule is Cc1ccc(CNC(=O)Cc2ccc(COC(=O)C(CC(C)C)NC(=O)CCSC(=O)C(CC(=O)OC(C)(C)C)Cc3ccc(O)cc3)cc2)cc1. The minimum absolute atomic E-state index is 0.00756. The number of carbonyl (C=O) groups excluding carboxylic acids is 5. The number of aromatic hydroxyl groups is 1. The van der Waals surface area contributed by atoms with Gasteiger partial charge in [-0.25, -0.2) is 4.79 Å². The summed E-state index contributed by atoms with van der Waals surface area (Å²) in [7, 11) is 0. The van der Waals surface area contributed by atoms with Crippen LogP contribution in [0.1, 0.15) is 81.7 Å². The predicted molar refractivity (Wildman–Crippen MR) is 202 cm³/mol. The Morgan fingerprint density at radius 2 is 1.40 bits per heavy atom. The maximum atomic E-state index is 13.2. The smallest absolute Gasteiger partial charge is 0.328 e. The molecule has 0 bridgehead atoms. The lowest BCUT2D eigenvalue weighted by atomic mass is 9.97. The Morgan fingerprint density at radius 1 is 0.808 bits per heavy atom. The molecule has 10 nitrogen and oxygen atoms in total. The minimum atomic E-state index is -0.862. The molecule has 2 amide bonds. The molecule has 280 valence electrons. The van der Waals surface area contributed by atoms with E-state index in [9.17, 15) is 29.1 Å². The summed E-state index contributed by atoms with van der Waals surface area (Å²) in [5.41, 5.74) is 3.84. The van der Waals surface area contributed by atoms with Gasteiger partial charge in [-0.3, -0.25) is 19.2 Å². The Hall–Kier alpha value is -4.64. The lowest BCUT2D eigenvalue weighted by molar-refractivity contribution is -0.156. The van der Waals surface area contributed by atoms with Gasteiger partial charge in [-0.15, -0.1) is 0 Å². The summed E-state index contributed by atoms with van der Waals surface area (Å²) in [4.78, 5) is 64.2. The number of hydrogen-bond acceptors (Lipinski definition) is 9. The Balaban J connectivity index is 1.48. The third-order valence-corrected chi connectivity index (χ3v) is 8.89. The summed E-state index contributed by atoms with van der Waals surface area (Å²) in [5.74, 6) is -1.88. The van der Waals surface area contributed by atoms with Gasteiger partial charge in [0.2, 0.25) is 11.8 Å². The van der Waals surface area contributed by atoms with Gasteiger partial charge in [-0.05, 0) is 80.8 Å². The first kappa shape index (κ1) is 41.8. The highest BCUT2D eigenvalue weighted by molar-refractivity contribution is 8.13. The van der Waals surface area contributed by atoms with E-state index in [0.29, 0.717) is 13.0 Å². The van der Waals surface area contributed by atoms with Crippen LogP contribution >= 0.6 is 11.8 Å². The molecule has 2 atom stereocenters. The van der Waals surface area contributed by atoms with Crippen LogP contribution < -0.4 is 10.6 Å². The first-order valence-corrected chi connectivity index (χ1v) is 18.6. The number of phenols is 1. The first-order valence-electron chi connectivity index (χ1n) is 17.6. The number of amides is 2. The van der Waals surface area contributed by atoms with Crippen LogP contribution in [0.15, 0.2) is 72.8 Å². The van der Waals surface area contributed by atoms with E-state index in [2.05, 4.69) is 10.6 Å². The maximum Gasteiger partial charge on any atom is 0.328 e. The van der Waals surface area contributed by atoms with Crippen molar-refractivity contribution in [3.8, 4) is 5.75 Å². The van der Waals surface area contributed by atoms with E-state index in [0.717, 1.165) is 39.6 Å². The number of carbonyl (C=O) groups is 5. The van der Waals surface area contributed by atoms with Gasteiger partial charge in [0.1, 0.15) is 24.0 Å². The molecule has 0 saturated carbocycles. The van der Waals surface area contributed by atoms with E-state index in [4.69, 9.17) is 9.47 Å². The second-order valence-electron chi connectivity index (χ2n) is 14.4. The molecule has 0 aliphatic heterocycles. The Labute approximate surface area is 311 Å². The fraction of sp³-hybridized carbons (Fsp3) is 0.439. The average Bonchev–Trinajstić information content (AvgIpc) is 3.07. The van der Waals surface area contributed by atoms with Crippen LogP contribution in [0.5, 0.6) is 5.75 Å². The summed E-state index contributed by atoms with van der Waals surface area (Å²) >= 11 is 0.961. The van der Waals surface area contributed by atoms with Gasteiger partial charge in [0, 0.05) is 24.6 Å². The van der Waals surface area contributed by atoms with E-state index in [1.807, 2.05) is 57.2 Å². The molecule has 3 rings (SSSR count). The van der Waals surface area contributed by atoms with Gasteiger partial charge < -0.3 is 25.2 Å². The lowest BCUT2D eigenvalue weighted by Gasteiger charge is -2.22. The van der Waals surface area contributed by atoms with Crippen LogP contribution in [-0.4, -0.2) is 51.4 Å². The van der Waals surface area contributed by atoms with Crippen molar-refractivity contribution in [1.29, 1.82) is 0 Å². The molecule has 0 heterocycles. The van der Waals surface area contributed by atoms with Gasteiger partial charge in [0.25, 0.3) is 0 Å². The number of esters is 2. The van der Waals surface area contributed by atoms with Crippen molar-refractivity contribution >= 4 is 40.6 Å². The van der Waals surface area contributed by atoms with E-state index < -0.39 is 35.4 Å². The largest absolute Gasteiger partial charge is 0.508 e. The third-order valence-electron chi connectivity index (χ3n) is 7.86. The molecule has 3 N–H and O–H groups in total. The van der Waals surface area contributed by atoms with Gasteiger partial charge in [0.05, 0.1) is 12.8 Å². The number of thioether (sulfide) groups is 1. The second-order valence-corrected chi connectivity index (χ2v) is 15.5. The fourth-order valence-corrected chi connectivity index (χ4v) is 6.11. The lowest BCUT2D eigenvalue weighted by Crippen LogP contribution is -2.42. The molecule has 0 aromatic heterocycles. The van der Waals surface area contributed by atoms with Crippen molar-refractivity contribution in [3.63, 3.8) is 0 Å². The second kappa shape index (κ2) is 20.4. The third kappa shape index (κ3) is 16.1. The summed E-state index contributed by atoms with van der Waals surface area (Å²) in [6.45, 7) is 11.6. The van der Waals surface area contributed by atoms with Gasteiger partial charge in [-0.2, -0.15) is 0 Å². The molecule has 52 heavy (non-hydrogen) atoms. The Morgan fingerprint density at radius 3 is 2.02 bits per heavy atom. The zero-order valence-electron chi connectivity index (χ0n) is 31.0. The molecule has 3 aromatic carbocycles. The quantitative estimate of drug-likeness (QED) is 0.127. The zero-order chi connectivity index (χ0) is 38.3. The zero-order valence-corrected chi connectivity index (χ0v) is 31.8. The minimum Gasteiger partial charge on any atom is -0.508 e. The molecule has 0 aliphatic rings. The molecule has 3 aromatic rings. The van der Waals surface area contributed by atoms with Crippen LogP contribution in [-0.2, 0) is 59.4 Å². The highest BCUT2D eigenvalue weighted by Gasteiger charge is 2.27. The average molecular weight is 733 g/mol. The maximum absolute atomic E-state index is 13.2. The highest BCUT2D eigenvalue weighted by atomic mass is 32.2. The molecule has 2 unspecified atom stereocenters. The normalized spacial score (nSPS) is 12.4. The number of aryl methyl sites for hydroxylation is 1. The molecular weight excluding hydrogens is 681 g/mol. The fourth-order valence-electron chi connectivity index (χ4n) is 5.22. The van der Waals surface area contributed by atoms with Gasteiger partial charge >= 0.3 is 11.9 Å². The molecule has 0 fully saturated rings. The number of ether oxygens (including phenoxy) is 2. The predicted octanol–water partition coefficient (Wildman–Crippen LogP) is 6.37. The topological polar surface area (TPSA) is 148 Å². The van der Waals surface area contributed by atoms with Crippen molar-refractivity contribution < 1.29 is 38.6 Å². The van der Waals surface area contributed by atoms with Crippen LogP contribution in [0.3, 0.4) is 0 Å². The monoisotopic (exact) mass is 732 g/mol. The number of benzene rings is 3. The number of phenolic OH excluding ortho intramolecular Hbond substituents is 1. The van der Waals surface area contributed by atoms with Crippen molar-refractivity contribution in [2.75, 3.05) is 5.75 Å². The van der Waals surface area contributed by atoms with Crippen molar-refractivity contribution in [1.82, 2.24) is 10.6 Å². The molecular formula is C41H52N2O8S. The molecule has 0 radical (unpaired) electrons. The van der Waals surface area contributed by atoms with Crippen molar-refractivity contribution in [2.45, 2.75) is 98.4 Å². The van der Waals surface area contributed by atoms with E-state index >= 15 is 0 Å². The number of hydrogen-bond donors (Lipinski definition) is 3. The van der Waals surface area contributed by atoms with Crippen LogP contribution in [0, 0.1) is 18.8 Å². The van der Waals surface area contributed by atoms with E-state index in [-0.39, 0.29) is 60.7 Å². The number of nitrogens with one attached hydrogen (secondary N) is 2. The molecule has 0 saturated heterocycles. The summed E-state index contributed by atoms with van der Waals surface area (Å²) in [5, 5.41) is 15.1. The molecule has 0 spiro atoms.